The van der Waals surface area contributed by atoms with Gasteiger partial charge in [0.15, 0.2) is 5.78 Å². The average Bonchev–Trinajstić information content (AvgIpc) is 2.95. The third-order valence-electron chi connectivity index (χ3n) is 8.19. The molecule has 4 bridgehead atoms. The van der Waals surface area contributed by atoms with Crippen LogP contribution in [0.5, 0.6) is 0 Å². The van der Waals surface area contributed by atoms with E-state index in [0.717, 1.165) is 39.9 Å². The Balaban J connectivity index is 1.43. The van der Waals surface area contributed by atoms with E-state index in [1.54, 1.807) is 0 Å². The Hall–Kier alpha value is -1.37. The topological polar surface area (TPSA) is 68.2 Å². The smallest absolute Gasteiger partial charge is 0.208 e. The summed E-state index contributed by atoms with van der Waals surface area (Å²) in [5.41, 5.74) is 2.85. The molecule has 4 fully saturated rings. The first kappa shape index (κ1) is 22.4. The first-order chi connectivity index (χ1) is 15.1. The molecule has 174 valence electrons. The molecule has 6 rings (SSSR count). The summed E-state index contributed by atoms with van der Waals surface area (Å²) < 4.78 is 27.4. The number of carbonyl (C=O) groups excluding carboxylic acids is 1. The number of hydrogen-bond acceptors (Lipinski definition) is 3. The van der Waals surface area contributed by atoms with Crippen LogP contribution in [0.25, 0.3) is 10.9 Å². The van der Waals surface area contributed by atoms with Gasteiger partial charge in [-0.1, -0.05) is 23.7 Å². The number of nitrogens with zero attached hydrogens (tertiary/aromatic N) is 1. The van der Waals surface area contributed by atoms with Gasteiger partial charge in [0.2, 0.25) is 10.0 Å². The highest BCUT2D eigenvalue weighted by Gasteiger charge is 2.51. The summed E-state index contributed by atoms with van der Waals surface area (Å²) in [4.78, 5) is 13.8. The number of hydrogen-bond donors (Lipinski definition) is 1. The summed E-state index contributed by atoms with van der Waals surface area (Å²) in [5, 5.41) is 1.57. The fourth-order valence-corrected chi connectivity index (χ4v) is 8.34. The monoisotopic (exact) mass is 476 g/mol. The van der Waals surface area contributed by atoms with E-state index < -0.39 is 10.0 Å². The van der Waals surface area contributed by atoms with Crippen LogP contribution in [-0.2, 0) is 16.6 Å². The predicted molar refractivity (Wildman–Crippen MR) is 129 cm³/mol. The Morgan fingerprint density at radius 1 is 1.16 bits per heavy atom. The zero-order valence-electron chi connectivity index (χ0n) is 19.0. The van der Waals surface area contributed by atoms with Crippen LogP contribution in [-0.4, -0.2) is 31.6 Å². The van der Waals surface area contributed by atoms with Gasteiger partial charge in [-0.3, -0.25) is 4.79 Å². The highest BCUT2D eigenvalue weighted by Crippen LogP contribution is 2.61. The van der Waals surface area contributed by atoms with E-state index in [9.17, 15) is 13.2 Å². The van der Waals surface area contributed by atoms with Crippen LogP contribution in [0.1, 0.15) is 67.4 Å². The van der Waals surface area contributed by atoms with Gasteiger partial charge in [0.05, 0.1) is 16.8 Å². The van der Waals surface area contributed by atoms with E-state index >= 15 is 0 Å². The third kappa shape index (κ3) is 4.14. The maximum atomic E-state index is 13.8. The summed E-state index contributed by atoms with van der Waals surface area (Å²) >= 11 is 6.59. The number of ketones is 1. The first-order valence-electron chi connectivity index (χ1n) is 11.9. The third-order valence-corrected chi connectivity index (χ3v) is 9.23. The van der Waals surface area contributed by atoms with Gasteiger partial charge in [0.1, 0.15) is 0 Å². The Kier molecular flexibility index (Phi) is 5.70. The largest absolute Gasteiger partial charge is 0.343 e. The van der Waals surface area contributed by atoms with E-state index in [1.165, 1.54) is 44.8 Å². The molecule has 0 unspecified atom stereocenters. The van der Waals surface area contributed by atoms with Crippen molar-refractivity contribution in [3.05, 3.63) is 34.5 Å². The number of carbonyl (C=O) groups is 1. The highest BCUT2D eigenvalue weighted by molar-refractivity contribution is 7.88. The second kappa shape index (κ2) is 8.14. The molecule has 4 aliphatic carbocycles. The first-order valence-corrected chi connectivity index (χ1v) is 14.2. The molecule has 0 spiro atoms. The number of Topliss-reactive ketones (excluding diaryl/α,β-unsaturated/α-hetero) is 1. The second-order valence-corrected chi connectivity index (χ2v) is 13.0. The van der Waals surface area contributed by atoms with Crippen LogP contribution in [0.3, 0.4) is 0 Å². The van der Waals surface area contributed by atoms with Gasteiger partial charge in [-0.25, -0.2) is 13.1 Å². The second-order valence-electron chi connectivity index (χ2n) is 10.8. The van der Waals surface area contributed by atoms with Gasteiger partial charge >= 0.3 is 0 Å². The molecule has 4 saturated carbocycles. The molecule has 1 heterocycles. The fraction of sp³-hybridized carbons (Fsp3) is 0.640. The van der Waals surface area contributed by atoms with Crippen molar-refractivity contribution in [2.45, 2.75) is 64.8 Å². The number of fused-ring (bicyclic) bond motifs is 1. The number of aryl methyl sites for hydroxylation is 1. The van der Waals surface area contributed by atoms with Gasteiger partial charge in [-0.15, -0.1) is 0 Å². The lowest BCUT2D eigenvalue weighted by Gasteiger charge is -2.56. The van der Waals surface area contributed by atoms with Gasteiger partial charge in [0, 0.05) is 36.2 Å². The highest BCUT2D eigenvalue weighted by atomic mass is 35.5. The molecule has 0 atom stereocenters. The molecule has 4 aliphatic rings. The molecule has 2 aromatic rings. The van der Waals surface area contributed by atoms with Crippen molar-refractivity contribution in [2.75, 3.05) is 12.8 Å². The number of para-hydroxylation sites is 1. The Bertz CT molecular complexity index is 1130. The summed E-state index contributed by atoms with van der Waals surface area (Å²) in [5.74, 6) is 2.74. The molecule has 0 radical (unpaired) electrons. The van der Waals surface area contributed by atoms with Crippen LogP contribution < -0.4 is 4.72 Å². The molecule has 7 heteroatoms. The minimum absolute atomic E-state index is 0.199. The maximum Gasteiger partial charge on any atom is 0.208 e. The number of halogens is 1. The Morgan fingerprint density at radius 3 is 2.38 bits per heavy atom. The number of sulfonamides is 1. The molecule has 1 aromatic carbocycles. The SMILES string of the molecule is Cc1c(C(=O)CC23CC4CC(CC(C4)C2)C3)c2cccc(Cl)c2n1CCCNS(C)(=O)=O. The molecule has 0 amide bonds. The van der Waals surface area contributed by atoms with E-state index in [2.05, 4.69) is 9.29 Å². The maximum absolute atomic E-state index is 13.8. The van der Waals surface area contributed by atoms with Crippen LogP contribution in [0.4, 0.5) is 0 Å². The molecule has 1 N–H and O–H groups in total. The van der Waals surface area contributed by atoms with E-state index in [1.807, 2.05) is 25.1 Å². The lowest BCUT2D eigenvalue weighted by molar-refractivity contribution is -0.0524. The Labute approximate surface area is 195 Å². The zero-order valence-corrected chi connectivity index (χ0v) is 20.6. The summed E-state index contributed by atoms with van der Waals surface area (Å²) in [6.45, 7) is 2.98. The molecule has 0 saturated heterocycles. The van der Waals surface area contributed by atoms with Crippen LogP contribution in [0.15, 0.2) is 18.2 Å². The zero-order chi connectivity index (χ0) is 22.7. The summed E-state index contributed by atoms with van der Waals surface area (Å²) in [6, 6.07) is 5.79. The molecule has 32 heavy (non-hydrogen) atoms. The quantitative estimate of drug-likeness (QED) is 0.413. The number of nitrogens with one attached hydrogen (secondary N) is 1. The van der Waals surface area contributed by atoms with Crippen molar-refractivity contribution in [1.82, 2.24) is 9.29 Å². The van der Waals surface area contributed by atoms with Crippen molar-refractivity contribution in [3.63, 3.8) is 0 Å². The predicted octanol–water partition coefficient (Wildman–Crippen LogP) is 5.33. The van der Waals surface area contributed by atoms with Crippen molar-refractivity contribution in [3.8, 4) is 0 Å². The summed E-state index contributed by atoms with van der Waals surface area (Å²) in [6.07, 6.45) is 10.3. The van der Waals surface area contributed by atoms with Gasteiger partial charge in [0.25, 0.3) is 0 Å². The molecular weight excluding hydrogens is 444 g/mol. The van der Waals surface area contributed by atoms with Crippen LogP contribution in [0.2, 0.25) is 5.02 Å². The molecule has 5 nitrogen and oxygen atoms in total. The van der Waals surface area contributed by atoms with Crippen LogP contribution >= 0.6 is 11.6 Å². The minimum atomic E-state index is -3.21. The van der Waals surface area contributed by atoms with Crippen LogP contribution in [0, 0.1) is 30.1 Å². The molecule has 0 aliphatic heterocycles. The van der Waals surface area contributed by atoms with Crippen molar-refractivity contribution < 1.29 is 13.2 Å². The normalized spacial score (nSPS) is 29.2. The van der Waals surface area contributed by atoms with E-state index in [4.69, 9.17) is 11.6 Å². The minimum Gasteiger partial charge on any atom is -0.343 e. The average molecular weight is 477 g/mol. The van der Waals surface area contributed by atoms with E-state index in [0.29, 0.717) is 31.0 Å². The van der Waals surface area contributed by atoms with Crippen molar-refractivity contribution in [1.29, 1.82) is 0 Å². The van der Waals surface area contributed by atoms with Gasteiger partial charge < -0.3 is 4.57 Å². The number of rotatable bonds is 8. The lowest BCUT2D eigenvalue weighted by atomic mass is 9.48. The van der Waals surface area contributed by atoms with E-state index in [-0.39, 0.29) is 11.2 Å². The standard InChI is InChI=1S/C25H33ClN2O3S/c1-16-23(22(29)15-25-12-17-9-18(13-25)11-19(10-17)14-25)20-5-3-6-21(26)24(20)28(16)8-4-7-27-32(2,30)31/h3,5-6,17-19,27H,4,7-15H2,1-2H3. The van der Waals surface area contributed by atoms with Crippen molar-refractivity contribution in [2.24, 2.45) is 23.2 Å². The summed E-state index contributed by atoms with van der Waals surface area (Å²) in [7, 11) is -3.21. The molecular formula is C25H33ClN2O3S. The van der Waals surface area contributed by atoms with Gasteiger partial charge in [-0.2, -0.15) is 0 Å². The van der Waals surface area contributed by atoms with Gasteiger partial charge in [-0.05, 0) is 81.1 Å². The number of benzene rings is 1. The van der Waals surface area contributed by atoms with Crippen molar-refractivity contribution >= 4 is 38.3 Å². The fourth-order valence-electron chi connectivity index (χ4n) is 7.55. The lowest BCUT2D eigenvalue weighted by Crippen LogP contribution is -2.46. The Morgan fingerprint density at radius 2 is 1.78 bits per heavy atom. The molecule has 1 aromatic heterocycles. The number of aromatic nitrogens is 1.